The van der Waals surface area contributed by atoms with Crippen LogP contribution in [0.3, 0.4) is 0 Å². The number of carbonyl (C=O) groups is 2. The number of benzene rings is 3. The molecule has 3 aromatic carbocycles. The van der Waals surface area contributed by atoms with E-state index in [2.05, 4.69) is 5.32 Å². The third-order valence-electron chi connectivity index (χ3n) is 7.68. The molecule has 4 rings (SSSR count). The van der Waals surface area contributed by atoms with E-state index in [1.165, 1.54) is 61.6 Å². The highest BCUT2D eigenvalue weighted by Crippen LogP contribution is 2.34. The third kappa shape index (κ3) is 7.64. The molecule has 0 aromatic heterocycles. The number of amides is 2. The zero-order valence-corrected chi connectivity index (χ0v) is 25.5. The molecule has 0 heterocycles. The lowest BCUT2D eigenvalue weighted by atomic mass is 9.95. The molecule has 3 aromatic rings. The summed E-state index contributed by atoms with van der Waals surface area (Å²) in [6.45, 7) is 0.696. The standard InChI is InChI=1S/C32H38FN3O6S/c1-23(32(38)34-25-13-6-4-7-14-25)35(21-24-12-10-11-17-28(24)33)31(37)22-36(43(39,40)27-15-8-5-9-16-27)26-18-19-29(41-2)30(20-26)42-3/h5,8-12,15-20,23,25H,4,6-7,13-14,21-22H2,1-3H3,(H,34,38)/t23-/m1/s1. The van der Waals surface area contributed by atoms with Crippen LogP contribution in [-0.2, 0) is 26.2 Å². The van der Waals surface area contributed by atoms with Gasteiger partial charge < -0.3 is 19.7 Å². The van der Waals surface area contributed by atoms with Crippen molar-refractivity contribution in [3.63, 3.8) is 0 Å². The van der Waals surface area contributed by atoms with Gasteiger partial charge in [0.25, 0.3) is 10.0 Å². The lowest BCUT2D eigenvalue weighted by Gasteiger charge is -2.33. The SMILES string of the molecule is COc1ccc(N(CC(=O)N(Cc2ccccc2F)[C@H](C)C(=O)NC2CCCCC2)S(=O)(=O)c2ccccc2)cc1OC. The molecule has 9 nitrogen and oxygen atoms in total. The van der Waals surface area contributed by atoms with Gasteiger partial charge >= 0.3 is 0 Å². The van der Waals surface area contributed by atoms with Crippen LogP contribution in [0.1, 0.15) is 44.6 Å². The Morgan fingerprint density at radius 3 is 2.23 bits per heavy atom. The minimum atomic E-state index is -4.26. The summed E-state index contributed by atoms with van der Waals surface area (Å²) in [5.41, 5.74) is 0.358. The second-order valence-corrected chi connectivity index (χ2v) is 12.4. The van der Waals surface area contributed by atoms with Gasteiger partial charge in [0.1, 0.15) is 18.4 Å². The molecule has 11 heteroatoms. The number of ether oxygens (including phenoxy) is 2. The van der Waals surface area contributed by atoms with Crippen LogP contribution in [0.15, 0.2) is 77.7 Å². The van der Waals surface area contributed by atoms with E-state index in [0.29, 0.717) is 5.75 Å². The molecule has 1 aliphatic carbocycles. The number of sulfonamides is 1. The highest BCUT2D eigenvalue weighted by Gasteiger charge is 2.34. The van der Waals surface area contributed by atoms with E-state index in [0.717, 1.165) is 36.4 Å². The molecule has 0 bridgehead atoms. The molecule has 1 saturated carbocycles. The summed E-state index contributed by atoms with van der Waals surface area (Å²) in [6.07, 6.45) is 4.83. The van der Waals surface area contributed by atoms with Crippen molar-refractivity contribution in [1.29, 1.82) is 0 Å². The van der Waals surface area contributed by atoms with Crippen molar-refractivity contribution in [2.24, 2.45) is 0 Å². The number of rotatable bonds is 12. The maximum atomic E-state index is 14.8. The van der Waals surface area contributed by atoms with Gasteiger partial charge in [-0.05, 0) is 50.1 Å². The fraction of sp³-hybridized carbons (Fsp3) is 0.375. The van der Waals surface area contributed by atoms with Gasteiger partial charge in [0.05, 0.1) is 24.8 Å². The summed E-state index contributed by atoms with van der Waals surface area (Å²) >= 11 is 0. The maximum Gasteiger partial charge on any atom is 0.264 e. The summed E-state index contributed by atoms with van der Waals surface area (Å²) in [6, 6.07) is 17.2. The molecule has 1 fully saturated rings. The minimum absolute atomic E-state index is 0.00386. The van der Waals surface area contributed by atoms with Crippen molar-refractivity contribution in [3.8, 4) is 11.5 Å². The number of hydrogen-bond donors (Lipinski definition) is 1. The normalized spacial score (nSPS) is 14.4. The largest absolute Gasteiger partial charge is 0.493 e. The average molecular weight is 612 g/mol. The first-order valence-electron chi connectivity index (χ1n) is 14.3. The van der Waals surface area contributed by atoms with Gasteiger partial charge in [-0.15, -0.1) is 0 Å². The number of methoxy groups -OCH3 is 2. The number of anilines is 1. The van der Waals surface area contributed by atoms with Crippen LogP contribution >= 0.6 is 0 Å². The number of halogens is 1. The molecule has 0 unspecified atom stereocenters. The number of nitrogens with zero attached hydrogens (tertiary/aromatic N) is 2. The quantitative estimate of drug-likeness (QED) is 0.312. The van der Waals surface area contributed by atoms with Gasteiger partial charge in [0.15, 0.2) is 11.5 Å². The van der Waals surface area contributed by atoms with Crippen LogP contribution in [0.5, 0.6) is 11.5 Å². The summed E-state index contributed by atoms with van der Waals surface area (Å²) in [5, 5.41) is 3.03. The molecule has 0 radical (unpaired) electrons. The van der Waals surface area contributed by atoms with Gasteiger partial charge in [-0.3, -0.25) is 13.9 Å². The Kier molecular flexibility index (Phi) is 10.6. The zero-order valence-electron chi connectivity index (χ0n) is 24.7. The molecule has 43 heavy (non-hydrogen) atoms. The van der Waals surface area contributed by atoms with Crippen molar-refractivity contribution in [2.75, 3.05) is 25.1 Å². The van der Waals surface area contributed by atoms with Gasteiger partial charge in [-0.25, -0.2) is 12.8 Å². The second-order valence-electron chi connectivity index (χ2n) is 10.5. The lowest BCUT2D eigenvalue weighted by Crippen LogP contribution is -2.53. The Labute approximate surface area is 252 Å². The monoisotopic (exact) mass is 611 g/mol. The summed E-state index contributed by atoms with van der Waals surface area (Å²) in [7, 11) is -1.38. The smallest absolute Gasteiger partial charge is 0.264 e. The van der Waals surface area contributed by atoms with E-state index in [-0.39, 0.29) is 40.4 Å². The molecular formula is C32H38FN3O6S. The third-order valence-corrected chi connectivity index (χ3v) is 9.47. The van der Waals surface area contributed by atoms with Gasteiger partial charge in [-0.2, -0.15) is 0 Å². The van der Waals surface area contributed by atoms with E-state index in [9.17, 15) is 22.4 Å². The summed E-state index contributed by atoms with van der Waals surface area (Å²) in [4.78, 5) is 28.7. The molecule has 0 spiro atoms. The first kappa shape index (κ1) is 31.8. The van der Waals surface area contributed by atoms with Crippen LogP contribution < -0.4 is 19.1 Å². The Bertz CT molecular complexity index is 1510. The van der Waals surface area contributed by atoms with Crippen LogP contribution in [-0.4, -0.2) is 58.0 Å². The predicted octanol–water partition coefficient (Wildman–Crippen LogP) is 4.90. The van der Waals surface area contributed by atoms with Crippen molar-refractivity contribution in [1.82, 2.24) is 10.2 Å². The number of hydrogen-bond acceptors (Lipinski definition) is 6. The molecule has 0 saturated heterocycles. The summed E-state index contributed by atoms with van der Waals surface area (Å²) < 4.78 is 54.4. The average Bonchev–Trinajstić information content (AvgIpc) is 3.03. The van der Waals surface area contributed by atoms with Crippen LogP contribution in [0.25, 0.3) is 0 Å². The first-order valence-corrected chi connectivity index (χ1v) is 15.7. The Morgan fingerprint density at radius 2 is 1.58 bits per heavy atom. The highest BCUT2D eigenvalue weighted by molar-refractivity contribution is 7.92. The van der Waals surface area contributed by atoms with Crippen LogP contribution in [0.2, 0.25) is 0 Å². The molecule has 2 amide bonds. The van der Waals surface area contributed by atoms with Crippen LogP contribution in [0.4, 0.5) is 10.1 Å². The van der Waals surface area contributed by atoms with E-state index in [1.54, 1.807) is 37.3 Å². The summed E-state index contributed by atoms with van der Waals surface area (Å²) in [5.74, 6) is -0.939. The van der Waals surface area contributed by atoms with Crippen LogP contribution in [0, 0.1) is 5.82 Å². The van der Waals surface area contributed by atoms with Crippen molar-refractivity contribution >= 4 is 27.5 Å². The molecule has 230 valence electrons. The van der Waals surface area contributed by atoms with Crippen molar-refractivity contribution in [3.05, 3.63) is 84.2 Å². The number of carbonyl (C=O) groups excluding carboxylic acids is 2. The van der Waals surface area contributed by atoms with E-state index < -0.39 is 34.3 Å². The topological polar surface area (TPSA) is 105 Å². The zero-order chi connectivity index (χ0) is 31.0. The van der Waals surface area contributed by atoms with E-state index in [1.807, 2.05) is 0 Å². The van der Waals surface area contributed by atoms with Gasteiger partial charge in [0, 0.05) is 24.2 Å². The molecule has 1 aliphatic rings. The maximum absolute atomic E-state index is 14.8. The lowest BCUT2D eigenvalue weighted by molar-refractivity contribution is -0.139. The molecule has 1 N–H and O–H groups in total. The Hall–Kier alpha value is -4.12. The number of nitrogens with one attached hydrogen (secondary N) is 1. The minimum Gasteiger partial charge on any atom is -0.493 e. The molecule has 0 aliphatic heterocycles. The Morgan fingerprint density at radius 1 is 0.930 bits per heavy atom. The second kappa shape index (κ2) is 14.4. The predicted molar refractivity (Wildman–Crippen MR) is 162 cm³/mol. The highest BCUT2D eigenvalue weighted by atomic mass is 32.2. The van der Waals surface area contributed by atoms with E-state index >= 15 is 0 Å². The first-order chi connectivity index (χ1) is 20.6. The van der Waals surface area contributed by atoms with Crippen molar-refractivity contribution in [2.45, 2.75) is 62.6 Å². The van der Waals surface area contributed by atoms with Gasteiger partial charge in [-0.1, -0.05) is 55.7 Å². The Balaban J connectivity index is 1.72. The van der Waals surface area contributed by atoms with Crippen molar-refractivity contribution < 1.29 is 31.9 Å². The molecular weight excluding hydrogens is 573 g/mol. The van der Waals surface area contributed by atoms with Gasteiger partial charge in [0.2, 0.25) is 11.8 Å². The van der Waals surface area contributed by atoms with E-state index in [4.69, 9.17) is 9.47 Å². The molecule has 1 atom stereocenters. The fourth-order valence-corrected chi connectivity index (χ4v) is 6.62. The fourth-order valence-electron chi connectivity index (χ4n) is 5.19.